The van der Waals surface area contributed by atoms with Gasteiger partial charge in [0.05, 0.1) is 29.0 Å². The number of esters is 1. The molecule has 4 aromatic rings. The van der Waals surface area contributed by atoms with E-state index in [4.69, 9.17) is 9.72 Å². The van der Waals surface area contributed by atoms with Crippen molar-refractivity contribution < 1.29 is 14.6 Å². The number of aliphatic imine (C=N–C) groups is 1. The molecule has 7 nitrogen and oxygen atoms in total. The molecule has 6 rings (SSSR count). The summed E-state index contributed by atoms with van der Waals surface area (Å²) in [6.45, 7) is 1.94. The van der Waals surface area contributed by atoms with Crippen molar-refractivity contribution in [2.45, 2.75) is 32.1 Å². The van der Waals surface area contributed by atoms with E-state index >= 15 is 0 Å². The highest BCUT2D eigenvalue weighted by Crippen LogP contribution is 2.38. The Morgan fingerprint density at radius 2 is 2.15 bits per heavy atom. The van der Waals surface area contributed by atoms with Crippen LogP contribution in [-0.2, 0) is 28.3 Å². The van der Waals surface area contributed by atoms with Gasteiger partial charge in [-0.25, -0.2) is 14.8 Å². The Morgan fingerprint density at radius 1 is 1.27 bits per heavy atom. The highest BCUT2D eigenvalue weighted by atomic mass is 32.1. The fourth-order valence-electron chi connectivity index (χ4n) is 4.61. The van der Waals surface area contributed by atoms with E-state index in [1.54, 1.807) is 35.1 Å². The number of nitrogens with zero attached hydrogens (tertiary/aromatic N) is 3. The molecule has 0 fully saturated rings. The summed E-state index contributed by atoms with van der Waals surface area (Å²) in [5.41, 5.74) is 2.39. The van der Waals surface area contributed by atoms with E-state index in [9.17, 15) is 14.7 Å². The van der Waals surface area contributed by atoms with E-state index in [0.29, 0.717) is 29.1 Å². The van der Waals surface area contributed by atoms with E-state index < -0.39 is 11.6 Å². The molecule has 0 saturated heterocycles. The molecular formula is C25H19N3O4S. The number of benzene rings is 1. The highest BCUT2D eigenvalue weighted by Gasteiger charge is 2.45. The molecular weight excluding hydrogens is 438 g/mol. The van der Waals surface area contributed by atoms with Crippen molar-refractivity contribution in [3.63, 3.8) is 0 Å². The van der Waals surface area contributed by atoms with Crippen LogP contribution in [0.1, 0.15) is 35.6 Å². The lowest BCUT2D eigenvalue weighted by atomic mass is 9.86. The SMILES string of the molecule is CC[C@@]1(O)C(=O)OCc2c1cc1n(c2=O)Cc2cc3cccc(/C=N/c4cccs4)c3nc2-1. The zero-order chi connectivity index (χ0) is 22.7. The third-order valence-corrected chi connectivity index (χ3v) is 7.18. The van der Waals surface area contributed by atoms with Crippen molar-refractivity contribution in [1.82, 2.24) is 9.55 Å². The van der Waals surface area contributed by atoms with Crippen LogP contribution in [0.4, 0.5) is 5.00 Å². The van der Waals surface area contributed by atoms with E-state index in [2.05, 4.69) is 4.99 Å². The Morgan fingerprint density at radius 3 is 2.94 bits per heavy atom. The first-order chi connectivity index (χ1) is 16.0. The molecule has 2 aliphatic rings. The third kappa shape index (κ3) is 2.91. The number of aliphatic hydroxyl groups is 1. The zero-order valence-electron chi connectivity index (χ0n) is 17.7. The molecule has 33 heavy (non-hydrogen) atoms. The Labute approximate surface area is 192 Å². The van der Waals surface area contributed by atoms with Gasteiger partial charge in [-0.3, -0.25) is 4.79 Å². The number of fused-ring (bicyclic) bond motifs is 5. The summed E-state index contributed by atoms with van der Waals surface area (Å²) < 4.78 is 6.78. The number of aromatic nitrogens is 2. The highest BCUT2D eigenvalue weighted by molar-refractivity contribution is 7.13. The van der Waals surface area contributed by atoms with Crippen LogP contribution in [0.3, 0.4) is 0 Å². The molecule has 3 aromatic heterocycles. The number of thiophene rings is 1. The first kappa shape index (κ1) is 20.0. The van der Waals surface area contributed by atoms with Gasteiger partial charge in [-0.05, 0) is 36.1 Å². The summed E-state index contributed by atoms with van der Waals surface area (Å²) in [4.78, 5) is 35.1. The number of ether oxygens (including phenoxy) is 1. The summed E-state index contributed by atoms with van der Waals surface area (Å²) in [6, 6.07) is 13.6. The van der Waals surface area contributed by atoms with Gasteiger partial charge in [0.1, 0.15) is 11.6 Å². The summed E-state index contributed by atoms with van der Waals surface area (Å²) in [5.74, 6) is -0.724. The summed E-state index contributed by atoms with van der Waals surface area (Å²) in [6.07, 6.45) is 1.91. The van der Waals surface area contributed by atoms with E-state index in [0.717, 1.165) is 27.0 Å². The average Bonchev–Trinajstić information content (AvgIpc) is 3.47. The van der Waals surface area contributed by atoms with Crippen molar-refractivity contribution in [2.75, 3.05) is 0 Å². The second-order valence-electron chi connectivity index (χ2n) is 8.23. The quantitative estimate of drug-likeness (QED) is 0.328. The molecule has 0 radical (unpaired) electrons. The number of para-hydroxylation sites is 1. The molecule has 0 spiro atoms. The molecule has 5 heterocycles. The van der Waals surface area contributed by atoms with Crippen LogP contribution in [0.25, 0.3) is 22.3 Å². The summed E-state index contributed by atoms with van der Waals surface area (Å²) in [7, 11) is 0. The predicted octanol–water partition coefficient (Wildman–Crippen LogP) is 3.89. The second kappa shape index (κ2) is 7.19. The minimum atomic E-state index is -1.83. The number of rotatable bonds is 3. The van der Waals surface area contributed by atoms with Crippen molar-refractivity contribution in [3.8, 4) is 11.4 Å². The molecule has 0 aliphatic carbocycles. The monoisotopic (exact) mass is 457 g/mol. The molecule has 164 valence electrons. The van der Waals surface area contributed by atoms with E-state index in [1.807, 2.05) is 41.8 Å². The third-order valence-electron chi connectivity index (χ3n) is 6.41. The number of cyclic esters (lactones) is 1. The van der Waals surface area contributed by atoms with Crippen molar-refractivity contribution >= 4 is 39.4 Å². The first-order valence-electron chi connectivity index (χ1n) is 10.7. The topological polar surface area (TPSA) is 93.8 Å². The summed E-state index contributed by atoms with van der Waals surface area (Å²) >= 11 is 1.56. The zero-order valence-corrected chi connectivity index (χ0v) is 18.6. The second-order valence-corrected chi connectivity index (χ2v) is 9.15. The van der Waals surface area contributed by atoms with Crippen LogP contribution in [-0.4, -0.2) is 26.8 Å². The largest absolute Gasteiger partial charge is 0.458 e. The van der Waals surface area contributed by atoms with Crippen molar-refractivity contribution in [2.24, 2.45) is 4.99 Å². The number of carbonyl (C=O) groups is 1. The first-order valence-corrected chi connectivity index (χ1v) is 11.5. The van der Waals surface area contributed by atoms with Crippen LogP contribution in [0.15, 0.2) is 57.6 Å². The predicted molar refractivity (Wildman–Crippen MR) is 126 cm³/mol. The van der Waals surface area contributed by atoms with Crippen LogP contribution >= 0.6 is 11.3 Å². The van der Waals surface area contributed by atoms with Crippen LogP contribution < -0.4 is 5.56 Å². The van der Waals surface area contributed by atoms with Gasteiger partial charge in [-0.1, -0.05) is 25.1 Å². The molecule has 1 aromatic carbocycles. The lowest BCUT2D eigenvalue weighted by Crippen LogP contribution is -2.44. The van der Waals surface area contributed by atoms with Gasteiger partial charge >= 0.3 is 5.97 Å². The van der Waals surface area contributed by atoms with Gasteiger partial charge in [0.15, 0.2) is 5.60 Å². The number of hydrogen-bond donors (Lipinski definition) is 1. The van der Waals surface area contributed by atoms with Gasteiger partial charge in [-0.2, -0.15) is 0 Å². The number of pyridine rings is 2. The van der Waals surface area contributed by atoms with Crippen LogP contribution in [0.2, 0.25) is 0 Å². The summed E-state index contributed by atoms with van der Waals surface area (Å²) in [5, 5.41) is 14.9. The Bertz CT molecular complexity index is 1540. The van der Waals surface area contributed by atoms with Gasteiger partial charge in [0, 0.05) is 28.3 Å². The maximum Gasteiger partial charge on any atom is 0.343 e. The maximum atomic E-state index is 13.3. The van der Waals surface area contributed by atoms with Gasteiger partial charge in [-0.15, -0.1) is 11.3 Å². The Kier molecular flexibility index (Phi) is 4.36. The molecule has 2 aliphatic heterocycles. The standard InChI is InChI=1S/C25H19N3O4S/c1-2-25(31)18-10-19-22-16(12-28(19)23(29)17(18)13-32-24(25)30)9-14-5-3-6-15(21(14)27-22)11-26-20-7-4-8-33-20/h3-11,31H,2,12-13H2,1H3/b26-11+/t25-/m0/s1. The molecule has 1 N–H and O–H groups in total. The maximum absolute atomic E-state index is 13.3. The minimum Gasteiger partial charge on any atom is -0.458 e. The molecule has 1 atom stereocenters. The molecule has 0 amide bonds. The smallest absolute Gasteiger partial charge is 0.343 e. The van der Waals surface area contributed by atoms with Crippen molar-refractivity contribution in [1.29, 1.82) is 0 Å². The lowest BCUT2D eigenvalue weighted by molar-refractivity contribution is -0.172. The average molecular weight is 458 g/mol. The van der Waals surface area contributed by atoms with Crippen LogP contribution in [0.5, 0.6) is 0 Å². The Balaban J connectivity index is 1.55. The molecule has 8 heteroatoms. The van der Waals surface area contributed by atoms with Crippen LogP contribution in [0, 0.1) is 0 Å². The molecule has 0 bridgehead atoms. The number of hydrogen-bond acceptors (Lipinski definition) is 7. The fourth-order valence-corrected chi connectivity index (χ4v) is 5.18. The lowest BCUT2D eigenvalue weighted by Gasteiger charge is -2.31. The molecule has 0 saturated carbocycles. The normalized spacial score (nSPS) is 18.9. The number of carbonyl (C=O) groups excluding carboxylic acids is 1. The Hall–Kier alpha value is -3.62. The van der Waals surface area contributed by atoms with Crippen molar-refractivity contribution in [3.05, 3.63) is 80.5 Å². The van der Waals surface area contributed by atoms with Gasteiger partial charge in [0.25, 0.3) is 5.56 Å². The van der Waals surface area contributed by atoms with E-state index in [-0.39, 0.29) is 18.6 Å². The molecule has 0 unspecified atom stereocenters. The van der Waals surface area contributed by atoms with E-state index in [1.165, 1.54) is 0 Å². The minimum absolute atomic E-state index is 0.114. The van der Waals surface area contributed by atoms with Gasteiger partial charge in [0.2, 0.25) is 0 Å². The van der Waals surface area contributed by atoms with Gasteiger partial charge < -0.3 is 14.4 Å². The fraction of sp³-hybridized carbons (Fsp3) is 0.200.